The Morgan fingerprint density at radius 2 is 2.14 bits per heavy atom. The van der Waals surface area contributed by atoms with E-state index < -0.39 is 0 Å². The summed E-state index contributed by atoms with van der Waals surface area (Å²) in [7, 11) is 0. The Hall–Kier alpha value is -2.61. The molecular formula is C13H12N4O3S. The number of nitrogens with zero attached hydrogens (tertiary/aromatic N) is 1. The number of hydrazone groups is 1. The maximum Gasteiger partial charge on any atom is 0.231 e. The van der Waals surface area contributed by atoms with Crippen LogP contribution < -0.4 is 26.1 Å². The summed E-state index contributed by atoms with van der Waals surface area (Å²) in [5, 5.41) is 4.50. The second kappa shape index (κ2) is 5.06. The molecule has 3 rings (SSSR count). The van der Waals surface area contributed by atoms with Gasteiger partial charge in [-0.1, -0.05) is 0 Å². The number of hydrogen-bond acceptors (Lipinski definition) is 5. The van der Waals surface area contributed by atoms with Crippen LogP contribution in [0.25, 0.3) is 10.9 Å². The molecule has 0 bridgehead atoms. The van der Waals surface area contributed by atoms with Crippen molar-refractivity contribution in [2.24, 2.45) is 10.8 Å². The van der Waals surface area contributed by atoms with Crippen molar-refractivity contribution in [1.82, 2.24) is 10.4 Å². The molecule has 1 aromatic heterocycles. The number of hydrogen-bond donors (Lipinski definition) is 3. The lowest BCUT2D eigenvalue weighted by atomic mass is 10.1. The predicted octanol–water partition coefficient (Wildman–Crippen LogP) is 0.814. The third-order valence-electron chi connectivity index (χ3n) is 3.10. The maximum absolute atomic E-state index is 12.5. The lowest BCUT2D eigenvalue weighted by molar-refractivity contribution is 0.174. The molecule has 4 N–H and O–H groups in total. The molecule has 0 aliphatic carbocycles. The number of aromatic amines is 1. The molecule has 0 saturated carbocycles. The quantitative estimate of drug-likeness (QED) is 0.431. The monoisotopic (exact) mass is 304 g/mol. The van der Waals surface area contributed by atoms with Gasteiger partial charge in [-0.3, -0.25) is 10.2 Å². The number of ether oxygens (including phenoxy) is 2. The lowest BCUT2D eigenvalue weighted by Crippen LogP contribution is -2.26. The van der Waals surface area contributed by atoms with Gasteiger partial charge in [-0.05, 0) is 25.2 Å². The molecule has 0 amide bonds. The predicted molar refractivity (Wildman–Crippen MR) is 82.8 cm³/mol. The van der Waals surface area contributed by atoms with Gasteiger partial charge in [0.15, 0.2) is 22.0 Å². The van der Waals surface area contributed by atoms with Crippen molar-refractivity contribution >= 4 is 33.9 Å². The van der Waals surface area contributed by atoms with Crippen LogP contribution in [0.5, 0.6) is 11.5 Å². The Morgan fingerprint density at radius 3 is 2.86 bits per heavy atom. The van der Waals surface area contributed by atoms with Crippen LogP contribution in [0.15, 0.2) is 28.2 Å². The van der Waals surface area contributed by atoms with E-state index in [0.717, 1.165) is 0 Å². The summed E-state index contributed by atoms with van der Waals surface area (Å²) >= 11 is 4.67. The number of rotatable bonds is 2. The average Bonchev–Trinajstić information content (AvgIpc) is 2.90. The van der Waals surface area contributed by atoms with Gasteiger partial charge in [-0.2, -0.15) is 5.10 Å². The Labute approximate surface area is 124 Å². The molecule has 0 fully saturated rings. The molecule has 0 radical (unpaired) electrons. The van der Waals surface area contributed by atoms with E-state index in [1.807, 2.05) is 0 Å². The van der Waals surface area contributed by atoms with Gasteiger partial charge in [0, 0.05) is 12.3 Å². The Balaban J connectivity index is 2.12. The van der Waals surface area contributed by atoms with Crippen LogP contribution in [0.4, 0.5) is 0 Å². The summed E-state index contributed by atoms with van der Waals surface area (Å²) in [6.45, 7) is 1.85. The molecule has 2 heterocycles. The third-order valence-corrected chi connectivity index (χ3v) is 3.19. The van der Waals surface area contributed by atoms with Gasteiger partial charge >= 0.3 is 0 Å². The third kappa shape index (κ3) is 2.40. The van der Waals surface area contributed by atoms with Gasteiger partial charge in [-0.25, -0.2) is 0 Å². The summed E-state index contributed by atoms with van der Waals surface area (Å²) in [6.07, 6.45) is 1.59. The highest BCUT2D eigenvalue weighted by molar-refractivity contribution is 7.80. The number of nitrogens with two attached hydrogens (primary N) is 1. The number of fused-ring (bicyclic) bond motifs is 2. The van der Waals surface area contributed by atoms with Gasteiger partial charge in [0.05, 0.1) is 22.2 Å². The molecule has 2 aromatic rings. The highest BCUT2D eigenvalue weighted by Gasteiger charge is 2.17. The molecule has 8 heteroatoms. The maximum atomic E-state index is 12.5. The number of H-pyrrole nitrogens is 1. The van der Waals surface area contributed by atoms with E-state index in [-0.39, 0.29) is 17.3 Å². The summed E-state index contributed by atoms with van der Waals surface area (Å²) in [5.74, 6) is 1.17. The van der Waals surface area contributed by atoms with E-state index in [2.05, 4.69) is 27.7 Å². The van der Waals surface area contributed by atoms with Crippen LogP contribution in [-0.4, -0.2) is 22.6 Å². The topological polar surface area (TPSA) is 102 Å². The summed E-state index contributed by atoms with van der Waals surface area (Å²) in [6, 6.07) is 3.40. The fourth-order valence-electron chi connectivity index (χ4n) is 2.08. The summed E-state index contributed by atoms with van der Waals surface area (Å²) in [4.78, 5) is 15.6. The molecule has 0 unspecified atom stereocenters. The normalized spacial score (nSPS) is 13.5. The number of thiocarbonyl (C=S) groups is 1. The second-order valence-corrected chi connectivity index (χ2v) is 4.90. The molecule has 108 valence electrons. The molecule has 21 heavy (non-hydrogen) atoms. The van der Waals surface area contributed by atoms with Crippen molar-refractivity contribution in [3.05, 3.63) is 34.1 Å². The molecule has 7 nitrogen and oxygen atoms in total. The van der Waals surface area contributed by atoms with Gasteiger partial charge in [0.25, 0.3) is 0 Å². The first-order valence-corrected chi connectivity index (χ1v) is 6.52. The zero-order chi connectivity index (χ0) is 15.0. The van der Waals surface area contributed by atoms with Gasteiger partial charge < -0.3 is 20.2 Å². The fourth-order valence-corrected chi connectivity index (χ4v) is 2.12. The van der Waals surface area contributed by atoms with Crippen molar-refractivity contribution in [1.29, 1.82) is 0 Å². The van der Waals surface area contributed by atoms with E-state index >= 15 is 0 Å². The molecule has 1 aromatic carbocycles. The zero-order valence-electron chi connectivity index (χ0n) is 11.1. The first kappa shape index (κ1) is 13.4. The van der Waals surface area contributed by atoms with E-state index in [9.17, 15) is 4.79 Å². The van der Waals surface area contributed by atoms with Gasteiger partial charge in [-0.15, -0.1) is 0 Å². The van der Waals surface area contributed by atoms with Crippen molar-refractivity contribution in [2.45, 2.75) is 6.92 Å². The molecule has 1 aliphatic heterocycles. The van der Waals surface area contributed by atoms with E-state index in [1.54, 1.807) is 25.3 Å². The number of benzene rings is 1. The van der Waals surface area contributed by atoms with Crippen LogP contribution >= 0.6 is 12.2 Å². The minimum atomic E-state index is -0.159. The zero-order valence-corrected chi connectivity index (χ0v) is 11.9. The average molecular weight is 304 g/mol. The minimum absolute atomic E-state index is 0.0370. The van der Waals surface area contributed by atoms with Crippen molar-refractivity contribution in [3.8, 4) is 11.5 Å². The lowest BCUT2D eigenvalue weighted by Gasteiger charge is -2.05. The largest absolute Gasteiger partial charge is 0.454 e. The van der Waals surface area contributed by atoms with Crippen LogP contribution in [0.2, 0.25) is 0 Å². The first-order chi connectivity index (χ1) is 10.1. The Morgan fingerprint density at radius 1 is 1.43 bits per heavy atom. The minimum Gasteiger partial charge on any atom is -0.454 e. The first-order valence-electron chi connectivity index (χ1n) is 6.11. The molecule has 0 atom stereocenters. The highest BCUT2D eigenvalue weighted by atomic mass is 32.1. The molecule has 1 aliphatic rings. The number of nitrogens with one attached hydrogen (secondary N) is 2. The van der Waals surface area contributed by atoms with Crippen LogP contribution in [0.3, 0.4) is 0 Å². The van der Waals surface area contributed by atoms with Crippen LogP contribution in [-0.2, 0) is 0 Å². The van der Waals surface area contributed by atoms with E-state index in [1.165, 1.54) is 0 Å². The summed E-state index contributed by atoms with van der Waals surface area (Å²) in [5.41, 5.74) is 9.17. The van der Waals surface area contributed by atoms with Crippen LogP contribution in [0.1, 0.15) is 12.5 Å². The van der Waals surface area contributed by atoms with Crippen LogP contribution in [0, 0.1) is 0 Å². The molecule has 0 spiro atoms. The highest BCUT2D eigenvalue weighted by Crippen LogP contribution is 2.34. The SMILES string of the molecule is C/C(=N\NC(N)=S)c1c[nH]c2cc3c(cc2c1=O)OCO3. The van der Waals surface area contributed by atoms with Crippen molar-refractivity contribution < 1.29 is 9.47 Å². The molecular weight excluding hydrogens is 292 g/mol. The smallest absolute Gasteiger partial charge is 0.231 e. The number of aromatic nitrogens is 1. The van der Waals surface area contributed by atoms with Gasteiger partial charge in [0.2, 0.25) is 6.79 Å². The number of pyridine rings is 1. The Bertz CT molecular complexity index is 828. The fraction of sp³-hybridized carbons (Fsp3) is 0.154. The summed E-state index contributed by atoms with van der Waals surface area (Å²) < 4.78 is 10.6. The molecule has 0 saturated heterocycles. The van der Waals surface area contributed by atoms with Crippen molar-refractivity contribution in [2.75, 3.05) is 6.79 Å². The van der Waals surface area contributed by atoms with Gasteiger partial charge in [0.1, 0.15) is 0 Å². The second-order valence-electron chi connectivity index (χ2n) is 4.46. The van der Waals surface area contributed by atoms with Crippen molar-refractivity contribution in [3.63, 3.8) is 0 Å². The van der Waals surface area contributed by atoms with E-state index in [0.29, 0.717) is 33.7 Å². The Kier molecular flexibility index (Phi) is 3.22. The van der Waals surface area contributed by atoms with E-state index in [4.69, 9.17) is 15.2 Å². The standard InChI is InChI=1S/C13H12N4O3S/c1-6(16-17-13(14)21)8-4-15-9-3-11-10(19-5-20-11)2-7(9)12(8)18/h2-4H,5H2,1H3,(H,15,18)(H3,14,17,21)/b16-6+.